The van der Waals surface area contributed by atoms with E-state index in [4.69, 9.17) is 4.74 Å². The second-order valence-corrected chi connectivity index (χ2v) is 10.0. The Kier molecular flexibility index (Phi) is 6.94. The maximum atomic E-state index is 13.7. The highest BCUT2D eigenvalue weighted by Gasteiger charge is 2.49. The van der Waals surface area contributed by atoms with E-state index in [0.29, 0.717) is 24.1 Å². The highest BCUT2D eigenvalue weighted by Crippen LogP contribution is 2.46. The largest absolute Gasteiger partial charge is 0.416 e. The number of halogens is 7. The topological polar surface area (TPSA) is 58.2 Å². The SMILES string of the molecule is C[C@@H](O[C@H]1CN2C(=O)CC(c3cn[nH]c3)CC2C1c1ccc(F)cc1)c1cc(C(F)(F)F)cc(C(F)(F)F)c1. The number of nitrogens with zero attached hydrogens (tertiary/aromatic N) is 2. The van der Waals surface area contributed by atoms with Crippen LogP contribution >= 0.6 is 0 Å². The number of piperidine rings is 1. The van der Waals surface area contributed by atoms with Gasteiger partial charge in [-0.25, -0.2) is 4.39 Å². The average molecular weight is 555 g/mol. The standard InChI is InChI=1S/C27H24F7N3O2/c1-14(16-6-19(26(29,30)31)10-20(7-16)27(32,33)34)39-23-13-37-22(25(23)15-2-4-21(28)5-3-15)8-17(9-24(37)38)18-11-35-36-12-18/h2-7,10-12,14,17,22-23,25H,8-9,13H2,1H3,(H,35,36)/t14-,17?,22?,23+,25?/m1/s1. The van der Waals surface area contributed by atoms with Crippen molar-refractivity contribution in [3.63, 3.8) is 0 Å². The van der Waals surface area contributed by atoms with Crippen LogP contribution < -0.4 is 0 Å². The molecule has 3 heterocycles. The molecule has 2 fully saturated rings. The lowest BCUT2D eigenvalue weighted by Crippen LogP contribution is -2.43. The first kappa shape index (κ1) is 27.2. The molecule has 1 N–H and O–H groups in total. The zero-order chi connectivity index (χ0) is 28.1. The third-order valence-electron chi connectivity index (χ3n) is 7.56. The van der Waals surface area contributed by atoms with Crippen LogP contribution in [0, 0.1) is 5.82 Å². The molecule has 5 rings (SSSR count). The number of aromatic amines is 1. The number of amides is 1. The molecule has 2 saturated heterocycles. The zero-order valence-electron chi connectivity index (χ0n) is 20.6. The molecule has 2 aliphatic heterocycles. The number of fused-ring (bicyclic) bond motifs is 1. The van der Waals surface area contributed by atoms with Crippen LogP contribution in [0.1, 0.15) is 65.5 Å². The van der Waals surface area contributed by atoms with Crippen LogP contribution in [-0.2, 0) is 21.9 Å². The molecule has 2 aromatic carbocycles. The van der Waals surface area contributed by atoms with Crippen molar-refractivity contribution in [3.05, 3.63) is 88.5 Å². The number of H-pyrrole nitrogens is 1. The van der Waals surface area contributed by atoms with Gasteiger partial charge in [0.2, 0.25) is 5.91 Å². The molecule has 0 spiro atoms. The molecule has 208 valence electrons. The predicted octanol–water partition coefficient (Wildman–Crippen LogP) is 6.60. The van der Waals surface area contributed by atoms with Crippen molar-refractivity contribution in [2.75, 3.05) is 6.54 Å². The summed E-state index contributed by atoms with van der Waals surface area (Å²) in [6.45, 7) is 1.48. The molecule has 12 heteroatoms. The second-order valence-electron chi connectivity index (χ2n) is 10.0. The molecule has 0 aliphatic carbocycles. The van der Waals surface area contributed by atoms with E-state index in [1.165, 1.54) is 19.1 Å². The van der Waals surface area contributed by atoms with Crippen LogP contribution in [0.15, 0.2) is 54.9 Å². The lowest BCUT2D eigenvalue weighted by molar-refractivity contribution is -0.143. The van der Waals surface area contributed by atoms with Gasteiger partial charge in [-0.05, 0) is 66.3 Å². The molecular weight excluding hydrogens is 531 g/mol. The summed E-state index contributed by atoms with van der Waals surface area (Å²) in [7, 11) is 0. The van der Waals surface area contributed by atoms with E-state index in [-0.39, 0.29) is 42.5 Å². The molecular formula is C27H24F7N3O2. The van der Waals surface area contributed by atoms with E-state index in [1.54, 1.807) is 29.4 Å². The first-order valence-corrected chi connectivity index (χ1v) is 12.3. The maximum absolute atomic E-state index is 13.7. The summed E-state index contributed by atoms with van der Waals surface area (Å²) in [5.41, 5.74) is -1.65. The fourth-order valence-corrected chi connectivity index (χ4v) is 5.69. The smallest absolute Gasteiger partial charge is 0.368 e. The highest BCUT2D eigenvalue weighted by atomic mass is 19.4. The predicted molar refractivity (Wildman–Crippen MR) is 125 cm³/mol. The number of hydrogen-bond donors (Lipinski definition) is 1. The molecule has 5 nitrogen and oxygen atoms in total. The lowest BCUT2D eigenvalue weighted by Gasteiger charge is -2.36. The molecule has 2 aliphatic rings. The number of alkyl halides is 6. The summed E-state index contributed by atoms with van der Waals surface area (Å²) in [5, 5.41) is 6.69. The van der Waals surface area contributed by atoms with Crippen LogP contribution in [0.2, 0.25) is 0 Å². The van der Waals surface area contributed by atoms with Gasteiger partial charge in [-0.3, -0.25) is 9.89 Å². The van der Waals surface area contributed by atoms with Crippen LogP contribution in [0.3, 0.4) is 0 Å². The van der Waals surface area contributed by atoms with Gasteiger partial charge in [-0.2, -0.15) is 31.4 Å². The van der Waals surface area contributed by atoms with Gasteiger partial charge < -0.3 is 9.64 Å². The average Bonchev–Trinajstić information content (AvgIpc) is 3.52. The fraction of sp³-hybridized carbons (Fsp3) is 0.407. The maximum Gasteiger partial charge on any atom is 0.416 e. The van der Waals surface area contributed by atoms with Crippen molar-refractivity contribution in [1.29, 1.82) is 0 Å². The molecule has 3 aromatic rings. The normalized spacial score (nSPS) is 24.6. The van der Waals surface area contributed by atoms with Crippen LogP contribution in [0.5, 0.6) is 0 Å². The Balaban J connectivity index is 1.48. The number of nitrogens with one attached hydrogen (secondary N) is 1. The van der Waals surface area contributed by atoms with E-state index >= 15 is 0 Å². The van der Waals surface area contributed by atoms with Crippen molar-refractivity contribution >= 4 is 5.91 Å². The third-order valence-corrected chi connectivity index (χ3v) is 7.56. The van der Waals surface area contributed by atoms with Gasteiger partial charge in [0.1, 0.15) is 5.82 Å². The number of rotatable bonds is 5. The summed E-state index contributed by atoms with van der Waals surface area (Å²) in [6, 6.07) is 6.64. The Morgan fingerprint density at radius 3 is 2.21 bits per heavy atom. The van der Waals surface area contributed by atoms with Crippen molar-refractivity contribution in [2.45, 2.75) is 62.2 Å². The van der Waals surface area contributed by atoms with Crippen LogP contribution in [0.25, 0.3) is 0 Å². The molecule has 0 saturated carbocycles. The van der Waals surface area contributed by atoms with Gasteiger partial charge in [0.05, 0.1) is 29.5 Å². The van der Waals surface area contributed by atoms with Gasteiger partial charge in [0.25, 0.3) is 0 Å². The van der Waals surface area contributed by atoms with Crippen LogP contribution in [-0.4, -0.2) is 39.7 Å². The van der Waals surface area contributed by atoms with Crippen LogP contribution in [0.4, 0.5) is 30.7 Å². The number of aromatic nitrogens is 2. The minimum atomic E-state index is -4.99. The van der Waals surface area contributed by atoms with Gasteiger partial charge in [0, 0.05) is 31.1 Å². The number of ether oxygens (including phenoxy) is 1. The van der Waals surface area contributed by atoms with Gasteiger partial charge in [-0.1, -0.05) is 12.1 Å². The fourth-order valence-electron chi connectivity index (χ4n) is 5.69. The van der Waals surface area contributed by atoms with Crippen molar-refractivity contribution in [3.8, 4) is 0 Å². The molecule has 0 radical (unpaired) electrons. The Morgan fingerprint density at radius 1 is 1.00 bits per heavy atom. The monoisotopic (exact) mass is 555 g/mol. The molecule has 1 amide bonds. The minimum absolute atomic E-state index is 0.0715. The molecule has 1 aromatic heterocycles. The zero-order valence-corrected chi connectivity index (χ0v) is 20.6. The van der Waals surface area contributed by atoms with E-state index < -0.39 is 47.4 Å². The Labute approximate surface area is 219 Å². The second kappa shape index (κ2) is 9.96. The van der Waals surface area contributed by atoms with Crippen molar-refractivity contribution in [1.82, 2.24) is 15.1 Å². The first-order chi connectivity index (χ1) is 18.3. The summed E-state index contributed by atoms with van der Waals surface area (Å²) in [4.78, 5) is 14.8. The summed E-state index contributed by atoms with van der Waals surface area (Å²) < 4.78 is 100. The van der Waals surface area contributed by atoms with Gasteiger partial charge >= 0.3 is 12.4 Å². The van der Waals surface area contributed by atoms with Gasteiger partial charge in [-0.15, -0.1) is 0 Å². The summed E-state index contributed by atoms with van der Waals surface area (Å²) >= 11 is 0. The molecule has 3 unspecified atom stereocenters. The summed E-state index contributed by atoms with van der Waals surface area (Å²) in [5.74, 6) is -1.25. The quantitative estimate of drug-likeness (QED) is 0.361. The van der Waals surface area contributed by atoms with Gasteiger partial charge in [0.15, 0.2) is 0 Å². The van der Waals surface area contributed by atoms with Crippen molar-refractivity contribution in [2.24, 2.45) is 0 Å². The number of carbonyl (C=O) groups excluding carboxylic acids is 1. The van der Waals surface area contributed by atoms with E-state index in [0.717, 1.165) is 5.56 Å². The van der Waals surface area contributed by atoms with E-state index in [1.807, 2.05) is 0 Å². The Bertz CT molecular complexity index is 1290. The lowest BCUT2D eigenvalue weighted by atomic mass is 9.80. The minimum Gasteiger partial charge on any atom is -0.368 e. The summed E-state index contributed by atoms with van der Waals surface area (Å²) in [6.07, 6.45) is -7.81. The first-order valence-electron chi connectivity index (χ1n) is 12.3. The molecule has 39 heavy (non-hydrogen) atoms. The van der Waals surface area contributed by atoms with E-state index in [9.17, 15) is 35.5 Å². The highest BCUT2D eigenvalue weighted by molar-refractivity contribution is 5.79. The molecule has 0 bridgehead atoms. The Morgan fingerprint density at radius 2 is 1.64 bits per heavy atom. The van der Waals surface area contributed by atoms with Crippen molar-refractivity contribution < 1.29 is 40.3 Å². The molecule has 5 atom stereocenters. The Hall–Kier alpha value is -3.41. The number of benzene rings is 2. The van der Waals surface area contributed by atoms with E-state index in [2.05, 4.69) is 10.2 Å². The number of hydrogen-bond acceptors (Lipinski definition) is 3. The number of carbonyl (C=O) groups is 1. The third kappa shape index (κ3) is 5.52.